The number of halogens is 2. The number of nitrogens with zero attached hydrogens (tertiary/aromatic N) is 1. The number of rotatable bonds is 4. The molecular weight excluding hydrogens is 337 g/mol. The van der Waals surface area contributed by atoms with Gasteiger partial charge in [-0.2, -0.15) is 0 Å². The molecule has 6 heteroatoms. The summed E-state index contributed by atoms with van der Waals surface area (Å²) in [7, 11) is 1.80. The van der Waals surface area contributed by atoms with Gasteiger partial charge in [0, 0.05) is 29.2 Å². The van der Waals surface area contributed by atoms with Crippen molar-refractivity contribution < 1.29 is 9.18 Å². The monoisotopic (exact) mass is 351 g/mol. The summed E-state index contributed by atoms with van der Waals surface area (Å²) in [6, 6.07) is 9.56. The molecule has 2 rings (SSSR count). The zero-order chi connectivity index (χ0) is 15.6. The topological polar surface area (TPSA) is 72.3 Å². The lowest BCUT2D eigenvalue weighted by Crippen LogP contribution is -2.19. The molecule has 0 aliphatic carbocycles. The Morgan fingerprint density at radius 3 is 2.62 bits per heavy atom. The standard InChI is InChI=1S/C15H15BrFN3O/c1-20(14-5-3-11(16)7-13(14)18)8-10-6-9(15(19)21)2-4-12(10)17/h2-7H,8,18H2,1H3,(H2,19,21). The lowest BCUT2D eigenvalue weighted by atomic mass is 10.1. The van der Waals surface area contributed by atoms with E-state index in [0.717, 1.165) is 10.2 Å². The Kier molecular flexibility index (Phi) is 4.47. The molecule has 0 saturated heterocycles. The van der Waals surface area contributed by atoms with Crippen LogP contribution in [0.2, 0.25) is 0 Å². The molecule has 2 aromatic carbocycles. The second-order valence-corrected chi connectivity index (χ2v) is 5.65. The number of primary amides is 1. The number of carbonyl (C=O) groups excluding carboxylic acids is 1. The molecule has 0 atom stereocenters. The maximum atomic E-state index is 13.9. The normalized spacial score (nSPS) is 10.4. The van der Waals surface area contributed by atoms with Crippen LogP contribution in [0, 0.1) is 5.82 Å². The van der Waals surface area contributed by atoms with Gasteiger partial charge in [-0.25, -0.2) is 4.39 Å². The molecule has 0 saturated carbocycles. The summed E-state index contributed by atoms with van der Waals surface area (Å²) >= 11 is 3.34. The highest BCUT2D eigenvalue weighted by molar-refractivity contribution is 9.10. The molecule has 4 nitrogen and oxygen atoms in total. The largest absolute Gasteiger partial charge is 0.397 e. The number of carbonyl (C=O) groups is 1. The van der Waals surface area contributed by atoms with Gasteiger partial charge in [-0.15, -0.1) is 0 Å². The number of amides is 1. The van der Waals surface area contributed by atoms with Crippen molar-refractivity contribution in [3.05, 3.63) is 57.8 Å². The van der Waals surface area contributed by atoms with Gasteiger partial charge in [0.1, 0.15) is 5.82 Å². The Labute approximate surface area is 130 Å². The summed E-state index contributed by atoms with van der Waals surface area (Å²) in [5.74, 6) is -0.968. The number of anilines is 2. The minimum Gasteiger partial charge on any atom is -0.397 e. The van der Waals surface area contributed by atoms with Crippen molar-refractivity contribution in [2.24, 2.45) is 5.73 Å². The first kappa shape index (κ1) is 15.3. The zero-order valence-electron chi connectivity index (χ0n) is 11.4. The van der Waals surface area contributed by atoms with Crippen LogP contribution in [-0.4, -0.2) is 13.0 Å². The van der Waals surface area contributed by atoms with Gasteiger partial charge in [-0.1, -0.05) is 15.9 Å². The van der Waals surface area contributed by atoms with Gasteiger partial charge in [0.25, 0.3) is 0 Å². The SMILES string of the molecule is CN(Cc1cc(C(N)=O)ccc1F)c1ccc(Br)cc1N. The van der Waals surface area contributed by atoms with E-state index in [1.165, 1.54) is 18.2 Å². The third kappa shape index (κ3) is 3.52. The van der Waals surface area contributed by atoms with Crippen molar-refractivity contribution in [2.45, 2.75) is 6.54 Å². The smallest absolute Gasteiger partial charge is 0.248 e. The first-order chi connectivity index (χ1) is 9.88. The number of benzene rings is 2. The molecule has 0 radical (unpaired) electrons. The Morgan fingerprint density at radius 2 is 2.00 bits per heavy atom. The molecule has 0 bridgehead atoms. The second kappa shape index (κ2) is 6.13. The van der Waals surface area contributed by atoms with E-state index in [0.29, 0.717) is 11.3 Å². The van der Waals surface area contributed by atoms with Gasteiger partial charge in [-0.05, 0) is 36.4 Å². The summed E-state index contributed by atoms with van der Waals surface area (Å²) in [5.41, 5.74) is 13.2. The molecule has 0 spiro atoms. The molecule has 0 aromatic heterocycles. The number of hydrogen-bond acceptors (Lipinski definition) is 3. The molecule has 110 valence electrons. The molecular formula is C15H15BrFN3O. The molecule has 0 heterocycles. The molecule has 2 aromatic rings. The van der Waals surface area contributed by atoms with E-state index in [4.69, 9.17) is 11.5 Å². The van der Waals surface area contributed by atoms with E-state index in [1.54, 1.807) is 13.1 Å². The van der Waals surface area contributed by atoms with Crippen LogP contribution in [0.5, 0.6) is 0 Å². The van der Waals surface area contributed by atoms with Crippen molar-refractivity contribution in [2.75, 3.05) is 17.7 Å². The van der Waals surface area contributed by atoms with Crippen LogP contribution in [0.1, 0.15) is 15.9 Å². The second-order valence-electron chi connectivity index (χ2n) is 4.73. The highest BCUT2D eigenvalue weighted by atomic mass is 79.9. The number of hydrogen-bond donors (Lipinski definition) is 2. The van der Waals surface area contributed by atoms with Crippen LogP contribution in [0.4, 0.5) is 15.8 Å². The van der Waals surface area contributed by atoms with Crippen LogP contribution < -0.4 is 16.4 Å². The van der Waals surface area contributed by atoms with E-state index in [9.17, 15) is 9.18 Å². The molecule has 0 unspecified atom stereocenters. The molecule has 0 aliphatic rings. The molecule has 0 aliphatic heterocycles. The fraction of sp³-hybridized carbons (Fsp3) is 0.133. The van der Waals surface area contributed by atoms with Crippen LogP contribution in [-0.2, 0) is 6.54 Å². The van der Waals surface area contributed by atoms with Gasteiger partial charge >= 0.3 is 0 Å². The average molecular weight is 352 g/mol. The van der Waals surface area contributed by atoms with Gasteiger partial charge in [0.2, 0.25) is 5.91 Å². The maximum Gasteiger partial charge on any atom is 0.248 e. The third-order valence-corrected chi connectivity index (χ3v) is 3.63. The summed E-state index contributed by atoms with van der Waals surface area (Å²) in [4.78, 5) is 13.0. The van der Waals surface area contributed by atoms with E-state index in [-0.39, 0.29) is 17.9 Å². The summed E-state index contributed by atoms with van der Waals surface area (Å²) in [6.45, 7) is 0.277. The average Bonchev–Trinajstić information content (AvgIpc) is 2.40. The first-order valence-corrected chi connectivity index (χ1v) is 7.02. The van der Waals surface area contributed by atoms with Crippen LogP contribution in [0.3, 0.4) is 0 Å². The minimum atomic E-state index is -0.581. The molecule has 1 amide bonds. The predicted molar refractivity (Wildman–Crippen MR) is 85.6 cm³/mol. The van der Waals surface area contributed by atoms with E-state index >= 15 is 0 Å². The summed E-state index contributed by atoms with van der Waals surface area (Å²) < 4.78 is 14.7. The van der Waals surface area contributed by atoms with Crippen molar-refractivity contribution in [3.8, 4) is 0 Å². The van der Waals surface area contributed by atoms with Gasteiger partial charge in [-0.3, -0.25) is 4.79 Å². The highest BCUT2D eigenvalue weighted by Gasteiger charge is 2.11. The Balaban J connectivity index is 2.28. The van der Waals surface area contributed by atoms with Crippen LogP contribution in [0.15, 0.2) is 40.9 Å². The van der Waals surface area contributed by atoms with Crippen molar-refractivity contribution >= 4 is 33.2 Å². The van der Waals surface area contributed by atoms with Crippen molar-refractivity contribution in [3.63, 3.8) is 0 Å². The van der Waals surface area contributed by atoms with Crippen molar-refractivity contribution in [1.82, 2.24) is 0 Å². The lowest BCUT2D eigenvalue weighted by molar-refractivity contribution is 0.1000. The summed E-state index contributed by atoms with van der Waals surface area (Å²) in [6.07, 6.45) is 0. The fourth-order valence-electron chi connectivity index (χ4n) is 2.06. The predicted octanol–water partition coefficient (Wildman–Crippen LogP) is 2.91. The summed E-state index contributed by atoms with van der Waals surface area (Å²) in [5, 5.41) is 0. The van der Waals surface area contributed by atoms with Crippen LogP contribution in [0.25, 0.3) is 0 Å². The van der Waals surface area contributed by atoms with Gasteiger partial charge in [0.05, 0.1) is 11.4 Å². The molecule has 21 heavy (non-hydrogen) atoms. The van der Waals surface area contributed by atoms with E-state index in [1.807, 2.05) is 17.0 Å². The van der Waals surface area contributed by atoms with E-state index in [2.05, 4.69) is 15.9 Å². The maximum absolute atomic E-state index is 13.9. The number of nitrogens with two attached hydrogens (primary N) is 2. The third-order valence-electron chi connectivity index (χ3n) is 3.14. The fourth-order valence-corrected chi connectivity index (χ4v) is 2.44. The Bertz CT molecular complexity index is 691. The lowest BCUT2D eigenvalue weighted by Gasteiger charge is -2.22. The Morgan fingerprint density at radius 1 is 1.29 bits per heavy atom. The number of nitrogen functional groups attached to an aromatic ring is 1. The van der Waals surface area contributed by atoms with Crippen LogP contribution >= 0.6 is 15.9 Å². The minimum absolute atomic E-state index is 0.277. The molecule has 4 N–H and O–H groups in total. The zero-order valence-corrected chi connectivity index (χ0v) is 13.0. The Hall–Kier alpha value is -2.08. The van der Waals surface area contributed by atoms with Gasteiger partial charge in [0.15, 0.2) is 0 Å². The molecule has 0 fully saturated rings. The quantitative estimate of drug-likeness (QED) is 0.831. The van der Waals surface area contributed by atoms with Gasteiger partial charge < -0.3 is 16.4 Å². The first-order valence-electron chi connectivity index (χ1n) is 6.23. The van der Waals surface area contributed by atoms with Crippen molar-refractivity contribution in [1.29, 1.82) is 0 Å². The van der Waals surface area contributed by atoms with E-state index < -0.39 is 5.91 Å². The highest BCUT2D eigenvalue weighted by Crippen LogP contribution is 2.27.